The zero-order valence-corrected chi connectivity index (χ0v) is 7.60. The molecule has 3 heteroatoms. The lowest BCUT2D eigenvalue weighted by Crippen LogP contribution is -2.46. The summed E-state index contributed by atoms with van der Waals surface area (Å²) in [6.45, 7) is 10.3. The first kappa shape index (κ1) is 10.4. The van der Waals surface area contributed by atoms with Gasteiger partial charge in [-0.15, -0.1) is 0 Å². The second kappa shape index (κ2) is 2.81. The Labute approximate surface area is 67.9 Å². The van der Waals surface area contributed by atoms with Gasteiger partial charge in [-0.2, -0.15) is 0 Å². The molecule has 0 aliphatic carbocycles. The Bertz CT molecular complexity index is 150. The van der Waals surface area contributed by atoms with Crippen molar-refractivity contribution in [3.63, 3.8) is 0 Å². The molecule has 0 fully saturated rings. The molecule has 0 aromatic rings. The third-order valence-electron chi connectivity index (χ3n) is 0.865. The first-order valence-electron chi connectivity index (χ1n) is 3.50. The van der Waals surface area contributed by atoms with Crippen molar-refractivity contribution in [1.82, 2.24) is 0 Å². The highest BCUT2D eigenvalue weighted by atomic mass is 16.6. The highest BCUT2D eigenvalue weighted by molar-refractivity contribution is 5.81. The molecular weight excluding hydrogens is 142 g/mol. The van der Waals surface area contributed by atoms with Crippen LogP contribution in [0.4, 0.5) is 0 Å². The van der Waals surface area contributed by atoms with Crippen LogP contribution in [0.1, 0.15) is 27.7 Å². The van der Waals surface area contributed by atoms with Crippen LogP contribution in [-0.2, 0) is 9.53 Å². The SMILES string of the molecule is [CH2]C(C)(N)C(=O)OC(C)(C)C. The lowest BCUT2D eigenvalue weighted by Gasteiger charge is -2.25. The van der Waals surface area contributed by atoms with Crippen molar-refractivity contribution in [2.75, 3.05) is 0 Å². The maximum atomic E-state index is 11.1. The van der Waals surface area contributed by atoms with Crippen molar-refractivity contribution in [2.45, 2.75) is 38.8 Å². The van der Waals surface area contributed by atoms with E-state index >= 15 is 0 Å². The maximum absolute atomic E-state index is 11.1. The lowest BCUT2D eigenvalue weighted by molar-refractivity contribution is -0.159. The standard InChI is InChI=1S/C8H16NO2/c1-7(2,3)11-6(10)8(4,5)9/h4,9H2,1-3,5H3. The van der Waals surface area contributed by atoms with Crippen LogP contribution >= 0.6 is 0 Å². The van der Waals surface area contributed by atoms with Crippen LogP contribution in [0.25, 0.3) is 0 Å². The molecule has 0 saturated heterocycles. The molecule has 0 saturated carbocycles. The first-order chi connectivity index (χ1) is 4.63. The van der Waals surface area contributed by atoms with Gasteiger partial charge < -0.3 is 10.5 Å². The van der Waals surface area contributed by atoms with Crippen LogP contribution < -0.4 is 5.73 Å². The fourth-order valence-electron chi connectivity index (χ4n) is 0.395. The summed E-state index contributed by atoms with van der Waals surface area (Å²) < 4.78 is 4.98. The summed E-state index contributed by atoms with van der Waals surface area (Å²) in [5.74, 6) is -0.481. The molecule has 0 bridgehead atoms. The summed E-state index contributed by atoms with van der Waals surface area (Å²) in [6, 6.07) is 0. The van der Waals surface area contributed by atoms with E-state index in [1.165, 1.54) is 6.92 Å². The Morgan fingerprint density at radius 2 is 1.73 bits per heavy atom. The second-order valence-electron chi connectivity index (χ2n) is 3.92. The number of esters is 1. The Kier molecular flexibility index (Phi) is 2.67. The van der Waals surface area contributed by atoms with Crippen molar-refractivity contribution < 1.29 is 9.53 Å². The maximum Gasteiger partial charge on any atom is 0.326 e. The van der Waals surface area contributed by atoms with Gasteiger partial charge in [-0.1, -0.05) is 0 Å². The third kappa shape index (κ3) is 4.79. The number of carbonyl (C=O) groups is 1. The quantitative estimate of drug-likeness (QED) is 0.576. The molecule has 2 N–H and O–H groups in total. The third-order valence-corrected chi connectivity index (χ3v) is 0.865. The first-order valence-corrected chi connectivity index (χ1v) is 3.50. The average molecular weight is 158 g/mol. The van der Waals surface area contributed by atoms with Gasteiger partial charge in [0.1, 0.15) is 11.1 Å². The zero-order chi connectivity index (χ0) is 9.28. The van der Waals surface area contributed by atoms with Crippen LogP contribution in [0.5, 0.6) is 0 Å². The molecule has 65 valence electrons. The Balaban J connectivity index is 4.11. The van der Waals surface area contributed by atoms with Gasteiger partial charge in [-0.05, 0) is 34.6 Å². The molecule has 0 aliphatic heterocycles. The van der Waals surface area contributed by atoms with E-state index < -0.39 is 17.1 Å². The van der Waals surface area contributed by atoms with Crippen molar-refractivity contribution >= 4 is 5.97 Å². The molecule has 0 aromatic carbocycles. The lowest BCUT2D eigenvalue weighted by atomic mass is 10.1. The van der Waals surface area contributed by atoms with E-state index in [9.17, 15) is 4.79 Å². The summed E-state index contributed by atoms with van der Waals surface area (Å²) in [6.07, 6.45) is 0. The van der Waals surface area contributed by atoms with E-state index in [0.29, 0.717) is 0 Å². The van der Waals surface area contributed by atoms with Gasteiger partial charge in [0.15, 0.2) is 0 Å². The largest absolute Gasteiger partial charge is 0.459 e. The smallest absolute Gasteiger partial charge is 0.326 e. The average Bonchev–Trinajstić information content (AvgIpc) is 1.56. The molecule has 0 aliphatic rings. The van der Waals surface area contributed by atoms with Crippen LogP contribution in [0, 0.1) is 6.92 Å². The highest BCUT2D eigenvalue weighted by Gasteiger charge is 2.28. The van der Waals surface area contributed by atoms with Crippen LogP contribution in [0.2, 0.25) is 0 Å². The molecule has 0 heterocycles. The van der Waals surface area contributed by atoms with E-state index in [-0.39, 0.29) is 0 Å². The molecule has 0 amide bonds. The van der Waals surface area contributed by atoms with Gasteiger partial charge in [-0.25, -0.2) is 0 Å². The van der Waals surface area contributed by atoms with Crippen molar-refractivity contribution in [1.29, 1.82) is 0 Å². The number of carbonyl (C=O) groups excluding carboxylic acids is 1. The fraction of sp³-hybridized carbons (Fsp3) is 0.750. The van der Waals surface area contributed by atoms with E-state index in [4.69, 9.17) is 10.5 Å². The minimum atomic E-state index is -1.15. The van der Waals surface area contributed by atoms with Crippen LogP contribution in [0.3, 0.4) is 0 Å². The molecule has 1 atom stereocenters. The zero-order valence-electron chi connectivity index (χ0n) is 7.60. The van der Waals surface area contributed by atoms with E-state index in [1.807, 2.05) is 0 Å². The summed E-state index contributed by atoms with van der Waals surface area (Å²) in [7, 11) is 0. The van der Waals surface area contributed by atoms with Crippen molar-refractivity contribution in [2.24, 2.45) is 5.73 Å². The predicted octanol–water partition coefficient (Wildman–Crippen LogP) is 0.880. The normalized spacial score (nSPS) is 12.9. The molecular formula is C8H16NO2. The molecule has 3 nitrogen and oxygen atoms in total. The number of hydrogen-bond donors (Lipinski definition) is 1. The Hall–Kier alpha value is -0.570. The molecule has 1 radical (unpaired) electrons. The second-order valence-corrected chi connectivity index (χ2v) is 3.92. The summed E-state index contributed by atoms with van der Waals surface area (Å²) in [5, 5.41) is 0. The van der Waals surface area contributed by atoms with Gasteiger partial charge in [-0.3, -0.25) is 4.79 Å². The fourth-order valence-corrected chi connectivity index (χ4v) is 0.395. The minimum absolute atomic E-state index is 0.481. The number of ether oxygens (including phenoxy) is 1. The highest BCUT2D eigenvalue weighted by Crippen LogP contribution is 2.11. The molecule has 0 spiro atoms. The Morgan fingerprint density at radius 3 is 1.82 bits per heavy atom. The van der Waals surface area contributed by atoms with Crippen molar-refractivity contribution in [3.05, 3.63) is 6.92 Å². The van der Waals surface area contributed by atoms with Gasteiger partial charge in [0, 0.05) is 0 Å². The molecule has 0 aromatic heterocycles. The monoisotopic (exact) mass is 158 g/mol. The van der Waals surface area contributed by atoms with E-state index in [2.05, 4.69) is 6.92 Å². The predicted molar refractivity (Wildman–Crippen MR) is 43.8 cm³/mol. The van der Waals surface area contributed by atoms with Gasteiger partial charge in [0.2, 0.25) is 0 Å². The van der Waals surface area contributed by atoms with Crippen LogP contribution in [0.15, 0.2) is 0 Å². The molecule has 0 rings (SSSR count). The summed E-state index contributed by atoms with van der Waals surface area (Å²) in [4.78, 5) is 11.1. The number of hydrogen-bond acceptors (Lipinski definition) is 3. The van der Waals surface area contributed by atoms with Crippen molar-refractivity contribution in [3.8, 4) is 0 Å². The Morgan fingerprint density at radius 1 is 1.36 bits per heavy atom. The molecule has 11 heavy (non-hydrogen) atoms. The molecule has 1 unspecified atom stereocenters. The van der Waals surface area contributed by atoms with Gasteiger partial charge in [0.05, 0.1) is 0 Å². The summed E-state index contributed by atoms with van der Waals surface area (Å²) >= 11 is 0. The van der Waals surface area contributed by atoms with E-state index in [1.54, 1.807) is 20.8 Å². The number of nitrogens with two attached hydrogens (primary N) is 1. The van der Waals surface area contributed by atoms with Crippen LogP contribution in [-0.4, -0.2) is 17.1 Å². The van der Waals surface area contributed by atoms with Gasteiger partial charge in [0.25, 0.3) is 0 Å². The van der Waals surface area contributed by atoms with E-state index in [0.717, 1.165) is 0 Å². The topological polar surface area (TPSA) is 52.3 Å². The number of rotatable bonds is 1. The van der Waals surface area contributed by atoms with Gasteiger partial charge >= 0.3 is 5.97 Å². The minimum Gasteiger partial charge on any atom is -0.459 e. The summed E-state index contributed by atoms with van der Waals surface area (Å²) in [5.41, 5.74) is 3.76.